The summed E-state index contributed by atoms with van der Waals surface area (Å²) in [5.41, 5.74) is 1.78. The first-order chi connectivity index (χ1) is 15.3. The number of rotatable bonds is 5. The van der Waals surface area contributed by atoms with E-state index in [1.165, 1.54) is 9.87 Å². The van der Waals surface area contributed by atoms with Crippen LogP contribution < -0.4 is 0 Å². The lowest BCUT2D eigenvalue weighted by Crippen LogP contribution is -2.46. The van der Waals surface area contributed by atoms with Gasteiger partial charge in [0.05, 0.1) is 0 Å². The van der Waals surface area contributed by atoms with Crippen LogP contribution in [-0.4, -0.2) is 54.9 Å². The fourth-order valence-corrected chi connectivity index (χ4v) is 7.07. The van der Waals surface area contributed by atoms with Crippen molar-refractivity contribution >= 4 is 15.9 Å². The van der Waals surface area contributed by atoms with Gasteiger partial charge in [0, 0.05) is 32.1 Å². The lowest BCUT2D eigenvalue weighted by atomic mass is 9.81. The standard InChI is InChI=1S/C24H33N3O4S/c1-17-23(18(2)31-25-17)32(29,30)27-15-13-21(14-16-27)24(28)26(3)22-11-9-20(10-12-22)19-7-5-4-6-8-19/h4-8,20-22H,9-16H2,1-3H3. The molecular formula is C24H33N3O4S. The van der Waals surface area contributed by atoms with Gasteiger partial charge in [-0.05, 0) is 63.9 Å². The summed E-state index contributed by atoms with van der Waals surface area (Å²) in [5, 5.41) is 3.78. The second-order valence-corrected chi connectivity index (χ2v) is 11.1. The van der Waals surface area contributed by atoms with E-state index in [0.29, 0.717) is 43.3 Å². The van der Waals surface area contributed by atoms with Gasteiger partial charge in [-0.2, -0.15) is 4.31 Å². The van der Waals surface area contributed by atoms with Crippen LogP contribution in [0.25, 0.3) is 0 Å². The highest BCUT2D eigenvalue weighted by molar-refractivity contribution is 7.89. The first kappa shape index (κ1) is 23.0. The fraction of sp³-hybridized carbons (Fsp3) is 0.583. The summed E-state index contributed by atoms with van der Waals surface area (Å²) < 4.78 is 32.6. The molecule has 1 aromatic heterocycles. The largest absolute Gasteiger partial charge is 0.360 e. The minimum absolute atomic E-state index is 0.122. The summed E-state index contributed by atoms with van der Waals surface area (Å²) in [6.07, 6.45) is 5.32. The highest BCUT2D eigenvalue weighted by atomic mass is 32.2. The van der Waals surface area contributed by atoms with Crippen molar-refractivity contribution in [1.29, 1.82) is 0 Å². The quantitative estimate of drug-likeness (QED) is 0.678. The van der Waals surface area contributed by atoms with Crippen LogP contribution in [0.4, 0.5) is 0 Å². The summed E-state index contributed by atoms with van der Waals surface area (Å²) in [6, 6.07) is 10.9. The maximum Gasteiger partial charge on any atom is 0.248 e. The minimum atomic E-state index is -3.65. The number of aryl methyl sites for hydroxylation is 2. The number of amides is 1. The van der Waals surface area contributed by atoms with Gasteiger partial charge in [0.15, 0.2) is 5.76 Å². The molecule has 7 nitrogen and oxygen atoms in total. The Morgan fingerprint density at radius 1 is 1.03 bits per heavy atom. The molecule has 174 valence electrons. The van der Waals surface area contributed by atoms with Crippen LogP contribution in [0.15, 0.2) is 39.8 Å². The van der Waals surface area contributed by atoms with Gasteiger partial charge in [0.25, 0.3) is 0 Å². The molecule has 2 fully saturated rings. The molecule has 0 atom stereocenters. The molecule has 2 heterocycles. The van der Waals surface area contributed by atoms with Gasteiger partial charge >= 0.3 is 0 Å². The summed E-state index contributed by atoms with van der Waals surface area (Å²) in [5.74, 6) is 0.922. The van der Waals surface area contributed by atoms with Crippen LogP contribution in [0.3, 0.4) is 0 Å². The summed E-state index contributed by atoms with van der Waals surface area (Å²) in [6.45, 7) is 3.95. The molecule has 0 radical (unpaired) electrons. The maximum atomic E-state index is 13.2. The van der Waals surface area contributed by atoms with Crippen LogP contribution in [0, 0.1) is 19.8 Å². The third-order valence-corrected chi connectivity index (χ3v) is 9.38. The Kier molecular flexibility index (Phi) is 6.72. The number of carbonyl (C=O) groups excluding carboxylic acids is 1. The Bertz CT molecular complexity index is 1010. The zero-order valence-corrected chi connectivity index (χ0v) is 20.0. The molecule has 32 heavy (non-hydrogen) atoms. The summed E-state index contributed by atoms with van der Waals surface area (Å²) in [4.78, 5) is 15.3. The van der Waals surface area contributed by atoms with E-state index in [1.807, 2.05) is 18.0 Å². The van der Waals surface area contributed by atoms with Crippen molar-refractivity contribution in [2.45, 2.75) is 69.2 Å². The van der Waals surface area contributed by atoms with Crippen molar-refractivity contribution in [2.75, 3.05) is 20.1 Å². The number of hydrogen-bond donors (Lipinski definition) is 0. The van der Waals surface area contributed by atoms with Crippen LogP contribution in [0.2, 0.25) is 0 Å². The average molecular weight is 460 g/mol. The zero-order chi connectivity index (χ0) is 22.9. The summed E-state index contributed by atoms with van der Waals surface area (Å²) in [7, 11) is -1.73. The molecule has 1 aromatic carbocycles. The molecular weight excluding hydrogens is 426 g/mol. The molecule has 1 amide bonds. The van der Waals surface area contributed by atoms with Gasteiger partial charge in [-0.3, -0.25) is 4.79 Å². The predicted octanol–water partition coefficient (Wildman–Crippen LogP) is 3.88. The van der Waals surface area contributed by atoms with Crippen LogP contribution in [-0.2, 0) is 14.8 Å². The Morgan fingerprint density at radius 2 is 1.66 bits per heavy atom. The molecule has 1 saturated heterocycles. The second-order valence-electron chi connectivity index (χ2n) is 9.20. The Hall–Kier alpha value is -2.19. The van der Waals surface area contributed by atoms with E-state index in [4.69, 9.17) is 4.52 Å². The van der Waals surface area contributed by atoms with Gasteiger partial charge < -0.3 is 9.42 Å². The van der Waals surface area contributed by atoms with E-state index >= 15 is 0 Å². The number of carbonyl (C=O) groups is 1. The number of sulfonamides is 1. The zero-order valence-electron chi connectivity index (χ0n) is 19.2. The van der Waals surface area contributed by atoms with Crippen LogP contribution >= 0.6 is 0 Å². The Morgan fingerprint density at radius 3 is 2.22 bits per heavy atom. The second kappa shape index (κ2) is 9.35. The molecule has 0 unspecified atom stereocenters. The minimum Gasteiger partial charge on any atom is -0.360 e. The lowest BCUT2D eigenvalue weighted by Gasteiger charge is -2.38. The first-order valence-corrected chi connectivity index (χ1v) is 13.0. The normalized spacial score (nSPS) is 23.2. The van der Waals surface area contributed by atoms with Crippen molar-refractivity contribution in [3.05, 3.63) is 47.3 Å². The van der Waals surface area contributed by atoms with E-state index in [1.54, 1.807) is 13.8 Å². The van der Waals surface area contributed by atoms with Crippen LogP contribution in [0.1, 0.15) is 61.5 Å². The third-order valence-electron chi connectivity index (χ3n) is 7.23. The third kappa shape index (κ3) is 4.48. The van der Waals surface area contributed by atoms with Gasteiger partial charge in [-0.1, -0.05) is 35.5 Å². The molecule has 4 rings (SSSR count). The molecule has 1 aliphatic carbocycles. The van der Waals surface area contributed by atoms with Crippen molar-refractivity contribution in [3.63, 3.8) is 0 Å². The topological polar surface area (TPSA) is 83.7 Å². The van der Waals surface area contributed by atoms with E-state index in [-0.39, 0.29) is 22.8 Å². The van der Waals surface area contributed by atoms with E-state index < -0.39 is 10.0 Å². The number of aromatic nitrogens is 1. The fourth-order valence-electron chi connectivity index (χ4n) is 5.30. The molecule has 0 bridgehead atoms. The van der Waals surface area contributed by atoms with Crippen molar-refractivity contribution in [1.82, 2.24) is 14.4 Å². The molecule has 2 aliphatic rings. The number of hydrogen-bond acceptors (Lipinski definition) is 5. The number of benzene rings is 1. The van der Waals surface area contributed by atoms with E-state index in [9.17, 15) is 13.2 Å². The van der Waals surface area contributed by atoms with Gasteiger partial charge in [0.2, 0.25) is 15.9 Å². The van der Waals surface area contributed by atoms with Gasteiger partial charge in [-0.15, -0.1) is 0 Å². The van der Waals surface area contributed by atoms with Gasteiger partial charge in [0.1, 0.15) is 10.6 Å². The molecule has 0 N–H and O–H groups in total. The predicted molar refractivity (Wildman–Crippen MR) is 122 cm³/mol. The molecule has 8 heteroatoms. The number of nitrogens with zero attached hydrogens (tertiary/aromatic N) is 3. The van der Waals surface area contributed by atoms with E-state index in [0.717, 1.165) is 25.7 Å². The molecule has 2 aromatic rings. The Labute approximate surface area is 190 Å². The van der Waals surface area contributed by atoms with E-state index in [2.05, 4.69) is 29.4 Å². The average Bonchev–Trinajstić information content (AvgIpc) is 3.17. The van der Waals surface area contributed by atoms with Crippen molar-refractivity contribution < 1.29 is 17.7 Å². The first-order valence-electron chi connectivity index (χ1n) is 11.5. The Balaban J connectivity index is 1.32. The lowest BCUT2D eigenvalue weighted by molar-refractivity contribution is -0.138. The highest BCUT2D eigenvalue weighted by Crippen LogP contribution is 2.35. The SMILES string of the molecule is Cc1noc(C)c1S(=O)(=O)N1CCC(C(=O)N(C)C2CCC(c3ccccc3)CC2)CC1. The van der Waals surface area contributed by atoms with Gasteiger partial charge in [-0.25, -0.2) is 8.42 Å². The van der Waals surface area contributed by atoms with Crippen molar-refractivity contribution in [3.8, 4) is 0 Å². The molecule has 0 spiro atoms. The monoisotopic (exact) mass is 459 g/mol. The summed E-state index contributed by atoms with van der Waals surface area (Å²) >= 11 is 0. The highest BCUT2D eigenvalue weighted by Gasteiger charge is 2.37. The maximum absolute atomic E-state index is 13.2. The smallest absolute Gasteiger partial charge is 0.248 e. The number of piperidine rings is 1. The molecule has 1 saturated carbocycles. The van der Waals surface area contributed by atoms with Crippen molar-refractivity contribution in [2.24, 2.45) is 5.92 Å². The van der Waals surface area contributed by atoms with Crippen LogP contribution in [0.5, 0.6) is 0 Å². The molecule has 1 aliphatic heterocycles.